The van der Waals surface area contributed by atoms with Crippen LogP contribution in [0.25, 0.3) is 0 Å². The first kappa shape index (κ1) is 16.8. The molecule has 0 aliphatic carbocycles. The Morgan fingerprint density at radius 2 is 1.83 bits per heavy atom. The molecule has 1 unspecified atom stereocenters. The lowest BCUT2D eigenvalue weighted by Crippen LogP contribution is -2.35. The number of benzene rings is 1. The van der Waals surface area contributed by atoms with Gasteiger partial charge in [0.1, 0.15) is 12.1 Å². The predicted octanol–water partition coefficient (Wildman–Crippen LogP) is 2.74. The molecule has 0 aliphatic rings. The number of rotatable bonds is 4. The summed E-state index contributed by atoms with van der Waals surface area (Å²) < 4.78 is 38.8. The van der Waals surface area contributed by atoms with E-state index in [9.17, 15) is 22.8 Å². The van der Waals surface area contributed by atoms with Crippen LogP contribution in [0.1, 0.15) is 24.1 Å². The topological polar surface area (TPSA) is 51.1 Å². The fourth-order valence-corrected chi connectivity index (χ4v) is 2.14. The molecule has 0 aliphatic heterocycles. The van der Waals surface area contributed by atoms with E-state index in [-0.39, 0.29) is 6.04 Å². The number of nitrogens with one attached hydrogen (secondary N) is 1. The summed E-state index contributed by atoms with van der Waals surface area (Å²) in [7, 11) is 0. The quantitative estimate of drug-likeness (QED) is 0.940. The first-order valence-corrected chi connectivity index (χ1v) is 6.90. The molecule has 0 saturated heterocycles. The molecule has 1 amide bonds. The molecule has 2 rings (SSSR count). The predicted molar refractivity (Wildman–Crippen MR) is 78.7 cm³/mol. The molecule has 0 fully saturated rings. The number of pyridine rings is 1. The first-order chi connectivity index (χ1) is 10.8. The molecule has 1 atom stereocenters. The lowest BCUT2D eigenvalue weighted by Gasteiger charge is -2.15. The lowest BCUT2D eigenvalue weighted by molar-refractivity contribution is -0.139. The molecule has 1 heterocycles. The van der Waals surface area contributed by atoms with Gasteiger partial charge in [0.25, 0.3) is 5.56 Å². The number of nitrogens with zero attached hydrogens (tertiary/aromatic N) is 1. The Labute approximate surface area is 130 Å². The smallest absolute Gasteiger partial charge is 0.348 e. The Morgan fingerprint density at radius 3 is 2.43 bits per heavy atom. The Hall–Kier alpha value is -2.57. The highest BCUT2D eigenvalue weighted by atomic mass is 19.4. The van der Waals surface area contributed by atoms with Gasteiger partial charge in [-0.15, -0.1) is 0 Å². The first-order valence-electron chi connectivity index (χ1n) is 6.90. The van der Waals surface area contributed by atoms with Crippen LogP contribution in [0.2, 0.25) is 0 Å². The molecule has 122 valence electrons. The van der Waals surface area contributed by atoms with Gasteiger partial charge in [0.2, 0.25) is 5.91 Å². The van der Waals surface area contributed by atoms with Gasteiger partial charge in [-0.1, -0.05) is 30.3 Å². The van der Waals surface area contributed by atoms with Gasteiger partial charge in [0.15, 0.2) is 0 Å². The van der Waals surface area contributed by atoms with E-state index in [0.717, 1.165) is 22.4 Å². The van der Waals surface area contributed by atoms with Crippen LogP contribution in [0.3, 0.4) is 0 Å². The third-order valence-electron chi connectivity index (χ3n) is 3.32. The highest BCUT2D eigenvalue weighted by Crippen LogP contribution is 2.25. The Morgan fingerprint density at radius 1 is 1.17 bits per heavy atom. The molecule has 0 saturated carbocycles. The van der Waals surface area contributed by atoms with Gasteiger partial charge in [-0.25, -0.2) is 0 Å². The molecule has 1 N–H and O–H groups in total. The van der Waals surface area contributed by atoms with E-state index < -0.39 is 29.8 Å². The standard InChI is InChI=1S/C16H15F3N2O2/c1-11(12-6-3-2-4-7-12)20-14(22)10-21-9-5-8-13(15(21)23)16(17,18)19/h2-9,11H,10H2,1H3,(H,20,22). The van der Waals surface area contributed by atoms with Crippen LogP contribution in [-0.4, -0.2) is 10.5 Å². The zero-order valence-electron chi connectivity index (χ0n) is 12.3. The average molecular weight is 324 g/mol. The van der Waals surface area contributed by atoms with E-state index in [0.29, 0.717) is 6.07 Å². The molecule has 1 aromatic carbocycles. The number of amides is 1. The third kappa shape index (κ3) is 4.21. The van der Waals surface area contributed by atoms with Crippen LogP contribution >= 0.6 is 0 Å². The van der Waals surface area contributed by atoms with E-state index in [1.54, 1.807) is 6.92 Å². The van der Waals surface area contributed by atoms with Crippen molar-refractivity contribution in [1.29, 1.82) is 0 Å². The normalized spacial score (nSPS) is 12.7. The summed E-state index contributed by atoms with van der Waals surface area (Å²) in [5.41, 5.74) is -1.66. The van der Waals surface area contributed by atoms with Crippen molar-refractivity contribution in [3.63, 3.8) is 0 Å². The van der Waals surface area contributed by atoms with Gasteiger partial charge in [-0.05, 0) is 24.6 Å². The fourth-order valence-electron chi connectivity index (χ4n) is 2.14. The van der Waals surface area contributed by atoms with Crippen molar-refractivity contribution in [3.8, 4) is 0 Å². The largest absolute Gasteiger partial charge is 0.421 e. The molecule has 2 aromatic rings. The maximum Gasteiger partial charge on any atom is 0.421 e. The Kier molecular flexibility index (Phi) is 4.88. The van der Waals surface area contributed by atoms with Crippen molar-refractivity contribution in [1.82, 2.24) is 9.88 Å². The van der Waals surface area contributed by atoms with Crippen molar-refractivity contribution in [2.45, 2.75) is 25.7 Å². The molecule has 0 spiro atoms. The van der Waals surface area contributed by atoms with Crippen LogP contribution in [0.4, 0.5) is 13.2 Å². The van der Waals surface area contributed by atoms with Crippen molar-refractivity contribution >= 4 is 5.91 Å². The van der Waals surface area contributed by atoms with Crippen LogP contribution in [0.15, 0.2) is 53.5 Å². The second-order valence-corrected chi connectivity index (χ2v) is 5.05. The number of hydrogen-bond donors (Lipinski definition) is 1. The summed E-state index contributed by atoms with van der Waals surface area (Å²) >= 11 is 0. The molecule has 0 bridgehead atoms. The molecular formula is C16H15F3N2O2. The summed E-state index contributed by atoms with van der Waals surface area (Å²) in [6, 6.07) is 10.6. The minimum absolute atomic E-state index is 0.315. The number of aromatic nitrogens is 1. The highest BCUT2D eigenvalue weighted by Gasteiger charge is 2.34. The fraction of sp³-hybridized carbons (Fsp3) is 0.250. The minimum atomic E-state index is -4.74. The van der Waals surface area contributed by atoms with Crippen molar-refractivity contribution in [3.05, 3.63) is 70.1 Å². The van der Waals surface area contributed by atoms with Gasteiger partial charge in [-0.2, -0.15) is 13.2 Å². The van der Waals surface area contributed by atoms with Crippen LogP contribution < -0.4 is 10.9 Å². The molecule has 23 heavy (non-hydrogen) atoms. The maximum atomic E-state index is 12.7. The number of hydrogen-bond acceptors (Lipinski definition) is 2. The summed E-state index contributed by atoms with van der Waals surface area (Å²) in [6.07, 6.45) is -3.59. The molecule has 0 radical (unpaired) electrons. The number of halogens is 3. The molecule has 1 aromatic heterocycles. The van der Waals surface area contributed by atoms with Gasteiger partial charge in [0.05, 0.1) is 6.04 Å². The molecular weight excluding hydrogens is 309 g/mol. The van der Waals surface area contributed by atoms with Crippen LogP contribution in [0.5, 0.6) is 0 Å². The molecule has 4 nitrogen and oxygen atoms in total. The number of alkyl halides is 3. The highest BCUT2D eigenvalue weighted by molar-refractivity contribution is 5.76. The summed E-state index contributed by atoms with van der Waals surface area (Å²) in [6.45, 7) is 1.28. The Balaban J connectivity index is 2.11. The minimum Gasteiger partial charge on any atom is -0.348 e. The monoisotopic (exact) mass is 324 g/mol. The van der Waals surface area contributed by atoms with Gasteiger partial charge >= 0.3 is 6.18 Å². The third-order valence-corrected chi connectivity index (χ3v) is 3.32. The van der Waals surface area contributed by atoms with E-state index in [1.807, 2.05) is 30.3 Å². The molecule has 7 heteroatoms. The summed E-state index contributed by atoms with van der Waals surface area (Å²) in [4.78, 5) is 23.7. The second kappa shape index (κ2) is 6.68. The van der Waals surface area contributed by atoms with E-state index in [4.69, 9.17) is 0 Å². The van der Waals surface area contributed by atoms with Gasteiger partial charge in [-0.3, -0.25) is 9.59 Å². The van der Waals surface area contributed by atoms with Gasteiger partial charge < -0.3 is 9.88 Å². The van der Waals surface area contributed by atoms with Crippen LogP contribution in [-0.2, 0) is 17.5 Å². The van der Waals surface area contributed by atoms with E-state index in [2.05, 4.69) is 5.32 Å². The van der Waals surface area contributed by atoms with Gasteiger partial charge in [0, 0.05) is 6.20 Å². The second-order valence-electron chi connectivity index (χ2n) is 5.05. The number of carbonyl (C=O) groups excluding carboxylic acids is 1. The van der Waals surface area contributed by atoms with Crippen LogP contribution in [0, 0.1) is 0 Å². The summed E-state index contributed by atoms with van der Waals surface area (Å²) in [5.74, 6) is -0.539. The zero-order chi connectivity index (χ0) is 17.0. The lowest BCUT2D eigenvalue weighted by atomic mass is 10.1. The number of carbonyl (C=O) groups is 1. The van der Waals surface area contributed by atoms with Crippen molar-refractivity contribution in [2.24, 2.45) is 0 Å². The van der Waals surface area contributed by atoms with E-state index >= 15 is 0 Å². The summed E-state index contributed by atoms with van der Waals surface area (Å²) in [5, 5.41) is 2.65. The van der Waals surface area contributed by atoms with Crippen molar-refractivity contribution in [2.75, 3.05) is 0 Å². The SMILES string of the molecule is CC(NC(=O)Cn1cccc(C(F)(F)F)c1=O)c1ccccc1. The average Bonchev–Trinajstić information content (AvgIpc) is 2.49. The Bertz CT molecular complexity index is 739. The zero-order valence-corrected chi connectivity index (χ0v) is 12.3. The van der Waals surface area contributed by atoms with Crippen molar-refractivity contribution < 1.29 is 18.0 Å². The maximum absolute atomic E-state index is 12.7. The van der Waals surface area contributed by atoms with E-state index in [1.165, 1.54) is 0 Å².